The largest absolute Gasteiger partial charge is 0.465 e. The van der Waals surface area contributed by atoms with Crippen LogP contribution >= 0.6 is 0 Å². The molecule has 2 aromatic carbocycles. The Morgan fingerprint density at radius 1 is 1.13 bits per heavy atom. The van der Waals surface area contributed by atoms with Gasteiger partial charge in [0.05, 0.1) is 24.9 Å². The fraction of sp³-hybridized carbons (Fsp3) is 0.391. The first kappa shape index (κ1) is 21.2. The molecule has 3 heterocycles. The third-order valence-electron chi connectivity index (χ3n) is 5.98. The highest BCUT2D eigenvalue weighted by Gasteiger charge is 2.37. The van der Waals surface area contributed by atoms with Crippen LogP contribution in [0.5, 0.6) is 0 Å². The summed E-state index contributed by atoms with van der Waals surface area (Å²) in [7, 11) is 1.27. The van der Waals surface area contributed by atoms with Crippen molar-refractivity contribution in [1.82, 2.24) is 4.90 Å². The zero-order valence-electron chi connectivity index (χ0n) is 17.2. The Hall–Kier alpha value is -3.00. The minimum atomic E-state index is -1.13. The summed E-state index contributed by atoms with van der Waals surface area (Å²) < 4.78 is 39.0. The number of carbonyl (C=O) groups is 2. The first-order valence-electron chi connectivity index (χ1n) is 10.3. The molecule has 0 aliphatic carbocycles. The number of benzene rings is 2. The van der Waals surface area contributed by atoms with Crippen molar-refractivity contribution in [2.45, 2.75) is 25.5 Å². The van der Waals surface area contributed by atoms with Crippen LogP contribution in [0.3, 0.4) is 0 Å². The van der Waals surface area contributed by atoms with Crippen molar-refractivity contribution >= 4 is 17.7 Å². The van der Waals surface area contributed by atoms with E-state index in [4.69, 9.17) is 9.47 Å². The highest BCUT2D eigenvalue weighted by Crippen LogP contribution is 2.31. The van der Waals surface area contributed by atoms with Gasteiger partial charge in [-0.25, -0.2) is 18.4 Å². The smallest absolute Gasteiger partial charge is 0.415 e. The number of hydrogen-bond acceptors (Lipinski definition) is 5. The molecule has 0 spiro atoms. The number of anilines is 1. The lowest BCUT2D eigenvalue weighted by atomic mass is 9.86. The topological polar surface area (TPSA) is 59.1 Å². The summed E-state index contributed by atoms with van der Waals surface area (Å²) in [5.74, 6) is -2.44. The number of nitrogens with zero attached hydrogens (tertiary/aromatic N) is 2. The van der Waals surface area contributed by atoms with E-state index in [0.29, 0.717) is 17.7 Å². The molecule has 0 saturated carbocycles. The van der Waals surface area contributed by atoms with Crippen molar-refractivity contribution in [3.8, 4) is 0 Å². The number of piperidine rings is 3. The zero-order valence-corrected chi connectivity index (χ0v) is 17.2. The molecule has 2 aromatic rings. The van der Waals surface area contributed by atoms with E-state index < -0.39 is 23.7 Å². The van der Waals surface area contributed by atoms with Crippen molar-refractivity contribution < 1.29 is 27.8 Å². The average molecular weight is 430 g/mol. The summed E-state index contributed by atoms with van der Waals surface area (Å²) in [5.41, 5.74) is 0.637. The molecule has 1 unspecified atom stereocenters. The predicted octanol–water partition coefficient (Wildman–Crippen LogP) is 3.99. The zero-order chi connectivity index (χ0) is 22.0. The van der Waals surface area contributed by atoms with Crippen molar-refractivity contribution in [1.29, 1.82) is 0 Å². The fourth-order valence-electron chi connectivity index (χ4n) is 4.28. The molecule has 1 atom stereocenters. The number of fused-ring (bicyclic) bond motifs is 3. The van der Waals surface area contributed by atoms with Crippen molar-refractivity contribution in [3.05, 3.63) is 65.2 Å². The summed E-state index contributed by atoms with van der Waals surface area (Å²) >= 11 is 0. The molecular formula is C23H24F2N2O4. The van der Waals surface area contributed by atoms with Crippen LogP contribution in [0.2, 0.25) is 0 Å². The lowest BCUT2D eigenvalue weighted by Gasteiger charge is -2.44. The predicted molar refractivity (Wildman–Crippen MR) is 110 cm³/mol. The molecule has 8 heteroatoms. The second kappa shape index (κ2) is 9.01. The average Bonchev–Trinajstić information content (AvgIpc) is 2.80. The van der Waals surface area contributed by atoms with Crippen LogP contribution in [-0.4, -0.2) is 49.8 Å². The van der Waals surface area contributed by atoms with Gasteiger partial charge in [0.25, 0.3) is 0 Å². The lowest BCUT2D eigenvalue weighted by Crippen LogP contribution is -2.53. The minimum absolute atomic E-state index is 0.0921. The summed E-state index contributed by atoms with van der Waals surface area (Å²) in [5, 5.41) is 0. The summed E-state index contributed by atoms with van der Waals surface area (Å²) in [4.78, 5) is 28.3. The van der Waals surface area contributed by atoms with E-state index in [1.54, 1.807) is 24.3 Å². The Morgan fingerprint density at radius 3 is 2.55 bits per heavy atom. The molecule has 2 bridgehead atoms. The van der Waals surface area contributed by atoms with Crippen molar-refractivity contribution in [2.24, 2.45) is 5.92 Å². The SMILES string of the molecule is COC(=O)c1cccc(CN(C(=O)OC2CN3CCC2CC3)c2cccc(F)c2F)c1. The van der Waals surface area contributed by atoms with Gasteiger partial charge in [-0.05, 0) is 61.7 Å². The van der Waals surface area contributed by atoms with Crippen molar-refractivity contribution in [3.63, 3.8) is 0 Å². The molecule has 3 fully saturated rings. The maximum Gasteiger partial charge on any atom is 0.415 e. The van der Waals surface area contributed by atoms with E-state index in [1.165, 1.54) is 19.2 Å². The summed E-state index contributed by atoms with van der Waals surface area (Å²) in [6, 6.07) is 10.1. The van der Waals surface area contributed by atoms with E-state index in [9.17, 15) is 18.4 Å². The van der Waals surface area contributed by atoms with Gasteiger partial charge in [-0.3, -0.25) is 9.80 Å². The number of hydrogen-bond donors (Lipinski definition) is 0. The van der Waals surface area contributed by atoms with Crippen molar-refractivity contribution in [2.75, 3.05) is 31.6 Å². The molecule has 6 nitrogen and oxygen atoms in total. The molecule has 0 N–H and O–H groups in total. The second-order valence-corrected chi connectivity index (χ2v) is 7.91. The van der Waals surface area contributed by atoms with E-state index in [0.717, 1.165) is 36.9 Å². The maximum absolute atomic E-state index is 14.6. The Kier molecular flexibility index (Phi) is 6.18. The summed E-state index contributed by atoms with van der Waals surface area (Å²) in [6.07, 6.45) is 0.878. The molecule has 5 rings (SSSR count). The monoisotopic (exact) mass is 430 g/mol. The van der Waals surface area contributed by atoms with Gasteiger partial charge >= 0.3 is 12.1 Å². The van der Waals surface area contributed by atoms with Gasteiger partial charge in [-0.1, -0.05) is 18.2 Å². The molecule has 31 heavy (non-hydrogen) atoms. The number of rotatable bonds is 5. The summed E-state index contributed by atoms with van der Waals surface area (Å²) in [6.45, 7) is 2.53. The molecule has 3 aliphatic rings. The number of methoxy groups -OCH3 is 1. The number of amides is 1. The normalized spacial score (nSPS) is 22.1. The quantitative estimate of drug-likeness (QED) is 0.672. The van der Waals surface area contributed by atoms with E-state index in [2.05, 4.69) is 4.90 Å². The number of esters is 1. The van der Waals surface area contributed by atoms with Crippen LogP contribution in [0.25, 0.3) is 0 Å². The fourth-order valence-corrected chi connectivity index (χ4v) is 4.28. The van der Waals surface area contributed by atoms with Crippen LogP contribution in [0, 0.1) is 17.6 Å². The molecule has 3 saturated heterocycles. The number of ether oxygens (including phenoxy) is 2. The minimum Gasteiger partial charge on any atom is -0.465 e. The third-order valence-corrected chi connectivity index (χ3v) is 5.98. The second-order valence-electron chi connectivity index (χ2n) is 7.91. The Bertz CT molecular complexity index is 976. The van der Waals surface area contributed by atoms with Crippen LogP contribution in [-0.2, 0) is 16.0 Å². The Balaban J connectivity index is 1.61. The molecular weight excluding hydrogens is 406 g/mol. The van der Waals surface area contributed by atoms with Gasteiger partial charge in [0.2, 0.25) is 0 Å². The first-order chi connectivity index (χ1) is 15.0. The molecule has 0 aromatic heterocycles. The Morgan fingerprint density at radius 2 is 1.87 bits per heavy atom. The standard InChI is InChI=1S/C23H24F2N2O4/c1-30-22(28)17-5-2-4-15(12-17)13-27(19-7-3-6-18(24)21(19)25)23(29)31-20-14-26-10-8-16(20)9-11-26/h2-7,12,16,20H,8-11,13-14H2,1H3. The Labute approximate surface area is 179 Å². The van der Waals surface area contributed by atoms with Gasteiger partial charge in [-0.2, -0.15) is 0 Å². The third kappa shape index (κ3) is 4.54. The molecule has 1 amide bonds. The molecule has 164 valence electrons. The van der Waals surface area contributed by atoms with Crippen LogP contribution < -0.4 is 4.90 Å². The van der Waals surface area contributed by atoms with Crippen LogP contribution in [0.1, 0.15) is 28.8 Å². The van der Waals surface area contributed by atoms with Gasteiger partial charge < -0.3 is 9.47 Å². The first-order valence-corrected chi connectivity index (χ1v) is 10.3. The highest BCUT2D eigenvalue weighted by molar-refractivity contribution is 5.90. The maximum atomic E-state index is 14.6. The molecule has 3 aliphatic heterocycles. The highest BCUT2D eigenvalue weighted by atomic mass is 19.2. The van der Waals surface area contributed by atoms with Gasteiger partial charge in [0.15, 0.2) is 11.6 Å². The van der Waals surface area contributed by atoms with Crippen LogP contribution in [0.4, 0.5) is 19.3 Å². The van der Waals surface area contributed by atoms with E-state index >= 15 is 0 Å². The van der Waals surface area contributed by atoms with E-state index in [-0.39, 0.29) is 24.3 Å². The van der Waals surface area contributed by atoms with Gasteiger partial charge in [0, 0.05) is 6.54 Å². The van der Waals surface area contributed by atoms with Gasteiger partial charge in [0.1, 0.15) is 6.10 Å². The van der Waals surface area contributed by atoms with E-state index in [1.807, 2.05) is 0 Å². The lowest BCUT2D eigenvalue weighted by molar-refractivity contribution is -0.0311. The van der Waals surface area contributed by atoms with Crippen LogP contribution in [0.15, 0.2) is 42.5 Å². The molecule has 0 radical (unpaired) electrons. The number of carbonyl (C=O) groups excluding carboxylic acids is 2. The van der Waals surface area contributed by atoms with Gasteiger partial charge in [-0.15, -0.1) is 0 Å². The number of halogens is 2.